The van der Waals surface area contributed by atoms with Crippen LogP contribution in [0.3, 0.4) is 0 Å². The smallest absolute Gasteiger partial charge is 0.411 e. The molecule has 0 amide bonds. The van der Waals surface area contributed by atoms with E-state index in [1.165, 1.54) is 6.92 Å². The summed E-state index contributed by atoms with van der Waals surface area (Å²) < 4.78 is 4.30. The van der Waals surface area contributed by atoms with Gasteiger partial charge in [0.05, 0.1) is 6.61 Å². The van der Waals surface area contributed by atoms with Gasteiger partial charge in [-0.2, -0.15) is 4.79 Å². The van der Waals surface area contributed by atoms with Crippen molar-refractivity contribution in [3.63, 3.8) is 0 Å². The van der Waals surface area contributed by atoms with Crippen molar-refractivity contribution in [1.29, 1.82) is 0 Å². The highest BCUT2D eigenvalue weighted by atomic mass is 16.5. The summed E-state index contributed by atoms with van der Waals surface area (Å²) in [6.07, 6.45) is 0. The number of carbonyl (C=O) groups excluding carboxylic acids is 3. The van der Waals surface area contributed by atoms with Crippen molar-refractivity contribution in [3.8, 4) is 0 Å². The van der Waals surface area contributed by atoms with Gasteiger partial charge in [0.1, 0.15) is 0 Å². The molecule has 0 aromatic carbocycles. The molecule has 70 valence electrons. The van der Waals surface area contributed by atoms with Crippen LogP contribution in [0.4, 0.5) is 0 Å². The van der Waals surface area contributed by atoms with Crippen molar-refractivity contribution < 1.29 is 23.9 Å². The zero-order valence-corrected chi connectivity index (χ0v) is 7.23. The van der Waals surface area contributed by atoms with Gasteiger partial charge in [0.2, 0.25) is 5.78 Å². The lowest BCUT2D eigenvalue weighted by Crippen LogP contribution is -2.31. The Bertz CT molecular complexity index is 302. The van der Waals surface area contributed by atoms with Crippen LogP contribution in [0.15, 0.2) is 0 Å². The number of nitrogens with zero attached hydrogens (tertiary/aromatic N) is 2. The SMILES string of the molecule is CCOC(=O)C(=O)C(=[N+]=[N-])C(C)=O. The molecule has 0 saturated carbocycles. The maximum atomic E-state index is 10.9. The van der Waals surface area contributed by atoms with E-state index in [0.29, 0.717) is 0 Å². The first-order chi connectivity index (χ1) is 6.04. The quantitative estimate of drug-likeness (QED) is 0.145. The zero-order chi connectivity index (χ0) is 10.4. The summed E-state index contributed by atoms with van der Waals surface area (Å²) in [6.45, 7) is 2.53. The van der Waals surface area contributed by atoms with Crippen molar-refractivity contribution in [2.24, 2.45) is 0 Å². The van der Waals surface area contributed by atoms with Gasteiger partial charge in [-0.15, -0.1) is 0 Å². The first-order valence-corrected chi connectivity index (χ1v) is 3.49. The molecule has 0 aliphatic carbocycles. The van der Waals surface area contributed by atoms with E-state index in [1.807, 2.05) is 0 Å². The average Bonchev–Trinajstić information content (AvgIpc) is 2.05. The lowest BCUT2D eigenvalue weighted by atomic mass is 10.2. The largest absolute Gasteiger partial charge is 0.460 e. The number of ketones is 2. The molecule has 0 rings (SSSR count). The molecule has 0 heterocycles. The Morgan fingerprint density at radius 1 is 1.38 bits per heavy atom. The molecular weight excluding hydrogens is 176 g/mol. The Labute approximate surface area is 74.1 Å². The molecular formula is C7H8N2O4. The van der Waals surface area contributed by atoms with Crippen LogP contribution < -0.4 is 0 Å². The van der Waals surface area contributed by atoms with Gasteiger partial charge in [0, 0.05) is 6.92 Å². The summed E-state index contributed by atoms with van der Waals surface area (Å²) in [4.78, 5) is 34.7. The van der Waals surface area contributed by atoms with E-state index in [0.717, 1.165) is 6.92 Å². The van der Waals surface area contributed by atoms with Crippen LogP contribution in [0.5, 0.6) is 0 Å². The number of rotatable bonds is 4. The van der Waals surface area contributed by atoms with Gasteiger partial charge in [-0.05, 0) is 6.92 Å². The summed E-state index contributed by atoms with van der Waals surface area (Å²) in [5.41, 5.74) is 7.40. The Kier molecular flexibility index (Phi) is 4.26. The molecule has 0 aliphatic rings. The molecule has 0 atom stereocenters. The number of hydrogen-bond acceptors (Lipinski definition) is 4. The van der Waals surface area contributed by atoms with Crippen LogP contribution in [-0.2, 0) is 19.1 Å². The summed E-state index contributed by atoms with van der Waals surface area (Å²) in [5, 5.41) is 0. The van der Waals surface area contributed by atoms with Gasteiger partial charge in [-0.3, -0.25) is 9.59 Å². The van der Waals surface area contributed by atoms with E-state index in [2.05, 4.69) is 9.53 Å². The third-order valence-electron chi connectivity index (χ3n) is 1.11. The third-order valence-corrected chi connectivity index (χ3v) is 1.11. The van der Waals surface area contributed by atoms with Gasteiger partial charge in [-0.25, -0.2) is 4.79 Å². The van der Waals surface area contributed by atoms with Crippen molar-refractivity contribution >= 4 is 23.2 Å². The standard InChI is InChI=1S/C7H8N2O4/c1-3-13-7(12)6(11)5(9-8)4(2)10/h3H2,1-2H3. The highest BCUT2D eigenvalue weighted by Crippen LogP contribution is 1.85. The van der Waals surface area contributed by atoms with E-state index < -0.39 is 23.2 Å². The van der Waals surface area contributed by atoms with Crippen LogP contribution in [0.25, 0.3) is 5.53 Å². The second-order valence-corrected chi connectivity index (χ2v) is 2.05. The summed E-state index contributed by atoms with van der Waals surface area (Å²) in [7, 11) is 0. The minimum absolute atomic E-state index is 0.0151. The molecule has 0 bridgehead atoms. The number of ether oxygens (including phenoxy) is 1. The number of hydrogen-bond donors (Lipinski definition) is 0. The molecule has 0 aliphatic heterocycles. The minimum atomic E-state index is -1.24. The molecule has 0 spiro atoms. The van der Waals surface area contributed by atoms with Gasteiger partial charge in [0.25, 0.3) is 0 Å². The van der Waals surface area contributed by atoms with Crippen molar-refractivity contribution in [2.45, 2.75) is 13.8 Å². The summed E-state index contributed by atoms with van der Waals surface area (Å²) >= 11 is 0. The molecule has 6 heteroatoms. The topological polar surface area (TPSA) is 96.8 Å². The Balaban J connectivity index is 4.69. The molecule has 0 unspecified atom stereocenters. The lowest BCUT2D eigenvalue weighted by Gasteiger charge is -1.94. The second-order valence-electron chi connectivity index (χ2n) is 2.05. The van der Waals surface area contributed by atoms with Gasteiger partial charge in [-0.1, -0.05) is 0 Å². The van der Waals surface area contributed by atoms with Crippen LogP contribution in [0, 0.1) is 0 Å². The minimum Gasteiger partial charge on any atom is -0.460 e. The van der Waals surface area contributed by atoms with Gasteiger partial charge >= 0.3 is 17.5 Å². The fourth-order valence-corrected chi connectivity index (χ4v) is 0.569. The van der Waals surface area contributed by atoms with Crippen LogP contribution in [0.1, 0.15) is 13.8 Å². The Hall–Kier alpha value is -1.81. The van der Waals surface area contributed by atoms with Crippen LogP contribution >= 0.6 is 0 Å². The number of carbonyl (C=O) groups is 3. The van der Waals surface area contributed by atoms with Crippen molar-refractivity contribution in [3.05, 3.63) is 5.53 Å². The number of esters is 1. The predicted octanol–water partition coefficient (Wildman–Crippen LogP) is -0.622. The fraction of sp³-hybridized carbons (Fsp3) is 0.429. The summed E-state index contributed by atoms with van der Waals surface area (Å²) in [6, 6.07) is 0. The molecule has 0 aromatic rings. The van der Waals surface area contributed by atoms with Crippen molar-refractivity contribution in [1.82, 2.24) is 0 Å². The fourth-order valence-electron chi connectivity index (χ4n) is 0.569. The highest BCUT2D eigenvalue weighted by molar-refractivity contribution is 6.77. The average molecular weight is 184 g/mol. The van der Waals surface area contributed by atoms with E-state index >= 15 is 0 Å². The third kappa shape index (κ3) is 2.96. The highest BCUT2D eigenvalue weighted by Gasteiger charge is 2.33. The van der Waals surface area contributed by atoms with E-state index in [4.69, 9.17) is 5.53 Å². The molecule has 13 heavy (non-hydrogen) atoms. The maximum Gasteiger partial charge on any atom is 0.411 e. The Morgan fingerprint density at radius 3 is 2.23 bits per heavy atom. The van der Waals surface area contributed by atoms with E-state index in [-0.39, 0.29) is 6.61 Å². The van der Waals surface area contributed by atoms with Crippen LogP contribution in [0.2, 0.25) is 0 Å². The lowest BCUT2D eigenvalue weighted by molar-refractivity contribution is -0.152. The molecule has 6 nitrogen and oxygen atoms in total. The predicted molar refractivity (Wildman–Crippen MR) is 40.9 cm³/mol. The zero-order valence-electron chi connectivity index (χ0n) is 7.23. The first-order valence-electron chi connectivity index (χ1n) is 3.49. The number of Topliss-reactive ketones (excluding diaryl/α,β-unsaturated/α-hetero) is 2. The second kappa shape index (κ2) is 4.95. The van der Waals surface area contributed by atoms with Gasteiger partial charge in [0.15, 0.2) is 0 Å². The molecule has 0 aromatic heterocycles. The molecule has 0 radical (unpaired) electrons. The molecule has 0 fully saturated rings. The van der Waals surface area contributed by atoms with Gasteiger partial charge < -0.3 is 10.3 Å². The Morgan fingerprint density at radius 2 is 1.92 bits per heavy atom. The first kappa shape index (κ1) is 11.2. The maximum absolute atomic E-state index is 10.9. The van der Waals surface area contributed by atoms with Crippen molar-refractivity contribution in [2.75, 3.05) is 6.61 Å². The molecule has 0 saturated heterocycles. The van der Waals surface area contributed by atoms with Crippen LogP contribution in [-0.4, -0.2) is 34.6 Å². The summed E-state index contributed by atoms with van der Waals surface area (Å²) in [5.74, 6) is -3.23. The monoisotopic (exact) mass is 184 g/mol. The molecule has 0 N–H and O–H groups in total. The van der Waals surface area contributed by atoms with E-state index in [9.17, 15) is 14.4 Å². The van der Waals surface area contributed by atoms with E-state index in [1.54, 1.807) is 0 Å². The normalized spacial score (nSPS) is 8.46.